The molecule has 2 aliphatic rings. The topological polar surface area (TPSA) is 89.5 Å². The third kappa shape index (κ3) is 4.64. The van der Waals surface area contributed by atoms with Gasteiger partial charge in [-0.1, -0.05) is 0 Å². The molecule has 0 saturated carbocycles. The fourth-order valence-corrected chi connectivity index (χ4v) is 4.67. The van der Waals surface area contributed by atoms with Crippen molar-refractivity contribution in [3.8, 4) is 28.7 Å². The lowest BCUT2D eigenvalue weighted by atomic mass is 9.88. The van der Waals surface area contributed by atoms with Crippen molar-refractivity contribution >= 4 is 17.8 Å². The van der Waals surface area contributed by atoms with Crippen LogP contribution in [0.1, 0.15) is 27.0 Å². The molecule has 0 radical (unpaired) electrons. The maximum atomic E-state index is 13.5. The Morgan fingerprint density at radius 3 is 2.49 bits per heavy atom. The molecule has 4 rings (SSSR count). The van der Waals surface area contributed by atoms with Gasteiger partial charge in [0.05, 0.1) is 53.2 Å². The zero-order chi connectivity index (χ0) is 25.2. The number of carbonyl (C=O) groups excluding carboxylic acids is 2. The molecule has 0 fully saturated rings. The van der Waals surface area contributed by atoms with Gasteiger partial charge >= 0.3 is 5.97 Å². The van der Waals surface area contributed by atoms with Crippen molar-refractivity contribution in [3.63, 3.8) is 0 Å². The average Bonchev–Trinajstić information content (AvgIpc) is 3.34. The Morgan fingerprint density at radius 2 is 1.80 bits per heavy atom. The van der Waals surface area contributed by atoms with Gasteiger partial charge in [0.1, 0.15) is 18.0 Å². The first-order valence-corrected chi connectivity index (χ1v) is 11.2. The number of rotatable bonds is 8. The normalized spacial score (nSPS) is 18.2. The Hall–Kier alpha value is -3.72. The summed E-state index contributed by atoms with van der Waals surface area (Å²) in [4.78, 5) is 25.6. The number of benzene rings is 2. The SMILES string of the molecule is COC(=O)C[N@@+]1(C)CCc2c(c(OC)c3c(c2C(=O)/C=C/c2ccc(OC)cc2OC)OCO3)C1. The summed E-state index contributed by atoms with van der Waals surface area (Å²) in [5.74, 6) is 2.09. The Labute approximate surface area is 204 Å². The average molecular weight is 485 g/mol. The van der Waals surface area contributed by atoms with Gasteiger partial charge < -0.3 is 32.9 Å². The molecule has 2 aromatic rings. The van der Waals surface area contributed by atoms with E-state index in [0.717, 1.165) is 16.7 Å². The standard InChI is InChI=1S/C26H30NO8/c1-27(14-22(29)32-4)11-10-18-19(13-27)24(33-5)26-25(34-15-35-26)23(18)20(28)9-7-16-6-8-17(30-2)12-21(16)31-3/h6-9,12H,10-11,13-15H2,1-5H3/q+1/b9-7+/t27-/m0/s1. The summed E-state index contributed by atoms with van der Waals surface area (Å²) in [6, 6.07) is 5.38. The number of methoxy groups -OCH3 is 4. The fourth-order valence-electron chi connectivity index (χ4n) is 4.67. The number of esters is 1. The summed E-state index contributed by atoms with van der Waals surface area (Å²) in [5, 5.41) is 0. The maximum absolute atomic E-state index is 13.5. The molecule has 9 nitrogen and oxygen atoms in total. The van der Waals surface area contributed by atoms with Crippen LogP contribution in [-0.2, 0) is 22.5 Å². The number of ketones is 1. The van der Waals surface area contributed by atoms with E-state index in [1.807, 2.05) is 13.1 Å². The van der Waals surface area contributed by atoms with Gasteiger partial charge in [-0.25, -0.2) is 4.79 Å². The second-order valence-corrected chi connectivity index (χ2v) is 8.72. The van der Waals surface area contributed by atoms with Crippen molar-refractivity contribution in [3.05, 3.63) is 46.5 Å². The molecule has 35 heavy (non-hydrogen) atoms. The molecule has 0 aliphatic carbocycles. The van der Waals surface area contributed by atoms with Crippen LogP contribution in [0.4, 0.5) is 0 Å². The molecule has 2 heterocycles. The van der Waals surface area contributed by atoms with Crippen LogP contribution in [0.25, 0.3) is 6.08 Å². The van der Waals surface area contributed by atoms with Gasteiger partial charge in [0, 0.05) is 18.1 Å². The molecule has 0 saturated heterocycles. The number of hydrogen-bond donors (Lipinski definition) is 0. The van der Waals surface area contributed by atoms with Crippen LogP contribution in [0.5, 0.6) is 28.7 Å². The quantitative estimate of drug-likeness (QED) is 0.245. The Balaban J connectivity index is 1.75. The molecule has 9 heteroatoms. The summed E-state index contributed by atoms with van der Waals surface area (Å²) in [5.41, 5.74) is 2.89. The first-order chi connectivity index (χ1) is 16.8. The minimum atomic E-state index is -0.289. The highest BCUT2D eigenvalue weighted by molar-refractivity contribution is 6.11. The van der Waals surface area contributed by atoms with E-state index in [-0.39, 0.29) is 25.1 Å². The van der Waals surface area contributed by atoms with E-state index in [1.54, 1.807) is 39.5 Å². The molecule has 0 aromatic heterocycles. The third-order valence-electron chi connectivity index (χ3n) is 6.47. The largest absolute Gasteiger partial charge is 0.497 e. The van der Waals surface area contributed by atoms with Crippen LogP contribution in [0, 0.1) is 0 Å². The minimum Gasteiger partial charge on any atom is -0.497 e. The molecular formula is C26H30NO8+. The molecule has 0 spiro atoms. The van der Waals surface area contributed by atoms with Crippen molar-refractivity contribution in [2.45, 2.75) is 13.0 Å². The molecule has 0 amide bonds. The molecule has 2 aromatic carbocycles. The highest BCUT2D eigenvalue weighted by Crippen LogP contribution is 2.50. The second kappa shape index (κ2) is 9.87. The van der Waals surface area contributed by atoms with Crippen LogP contribution >= 0.6 is 0 Å². The third-order valence-corrected chi connectivity index (χ3v) is 6.47. The molecular weight excluding hydrogens is 454 g/mol. The second-order valence-electron chi connectivity index (χ2n) is 8.72. The number of fused-ring (bicyclic) bond motifs is 2. The van der Waals surface area contributed by atoms with Gasteiger partial charge in [-0.2, -0.15) is 0 Å². The van der Waals surface area contributed by atoms with E-state index in [0.29, 0.717) is 58.3 Å². The van der Waals surface area contributed by atoms with E-state index in [2.05, 4.69) is 0 Å². The van der Waals surface area contributed by atoms with E-state index < -0.39 is 0 Å². The van der Waals surface area contributed by atoms with Crippen LogP contribution in [0.15, 0.2) is 24.3 Å². The summed E-state index contributed by atoms with van der Waals surface area (Å²) in [6.07, 6.45) is 3.78. The lowest BCUT2D eigenvalue weighted by Crippen LogP contribution is -2.51. The first kappa shape index (κ1) is 24.4. The minimum absolute atomic E-state index is 0.000824. The monoisotopic (exact) mass is 484 g/mol. The highest BCUT2D eigenvalue weighted by atomic mass is 16.7. The van der Waals surface area contributed by atoms with Crippen LogP contribution < -0.4 is 23.7 Å². The number of nitrogens with zero attached hydrogens (tertiary/aromatic N) is 1. The van der Waals surface area contributed by atoms with E-state index in [4.69, 9.17) is 28.4 Å². The summed E-state index contributed by atoms with van der Waals surface area (Å²) < 4.78 is 33.2. The lowest BCUT2D eigenvalue weighted by molar-refractivity contribution is -0.917. The Kier molecular flexibility index (Phi) is 6.88. The molecule has 0 N–H and O–H groups in total. The van der Waals surface area contributed by atoms with Crippen molar-refractivity contribution in [1.82, 2.24) is 0 Å². The zero-order valence-electron chi connectivity index (χ0n) is 20.6. The van der Waals surface area contributed by atoms with Gasteiger partial charge in [0.2, 0.25) is 12.5 Å². The lowest BCUT2D eigenvalue weighted by Gasteiger charge is -2.38. The van der Waals surface area contributed by atoms with Crippen LogP contribution in [0.2, 0.25) is 0 Å². The molecule has 0 bridgehead atoms. The molecule has 186 valence electrons. The van der Waals surface area contributed by atoms with Crippen molar-refractivity contribution < 1.29 is 42.5 Å². The number of allylic oxidation sites excluding steroid dienone is 1. The molecule has 1 atom stereocenters. The molecule has 0 unspecified atom stereocenters. The first-order valence-electron chi connectivity index (χ1n) is 11.2. The highest BCUT2D eigenvalue weighted by Gasteiger charge is 2.40. The van der Waals surface area contributed by atoms with E-state index in [1.165, 1.54) is 13.2 Å². The molecule has 2 aliphatic heterocycles. The predicted octanol–water partition coefficient (Wildman–Crippen LogP) is 3.01. The maximum Gasteiger partial charge on any atom is 0.361 e. The summed E-state index contributed by atoms with van der Waals surface area (Å²) in [7, 11) is 8.08. The van der Waals surface area contributed by atoms with Crippen LogP contribution in [-0.4, -0.2) is 71.6 Å². The fraction of sp³-hybridized carbons (Fsp3) is 0.385. The van der Waals surface area contributed by atoms with E-state index in [9.17, 15) is 9.59 Å². The summed E-state index contributed by atoms with van der Waals surface area (Å²) in [6.45, 7) is 1.36. The van der Waals surface area contributed by atoms with Crippen LogP contribution in [0.3, 0.4) is 0 Å². The Bertz CT molecular complexity index is 1190. The van der Waals surface area contributed by atoms with Gasteiger partial charge in [-0.3, -0.25) is 4.79 Å². The van der Waals surface area contributed by atoms with Crippen molar-refractivity contribution in [1.29, 1.82) is 0 Å². The number of hydrogen-bond acceptors (Lipinski definition) is 8. The van der Waals surface area contributed by atoms with E-state index >= 15 is 0 Å². The number of likely N-dealkylation sites (N-methyl/N-ethyl adjacent to an activating group) is 1. The van der Waals surface area contributed by atoms with Gasteiger partial charge in [-0.15, -0.1) is 0 Å². The van der Waals surface area contributed by atoms with Crippen molar-refractivity contribution in [2.24, 2.45) is 0 Å². The summed E-state index contributed by atoms with van der Waals surface area (Å²) >= 11 is 0. The number of ether oxygens (including phenoxy) is 6. The smallest absolute Gasteiger partial charge is 0.361 e. The number of quaternary nitrogens is 1. The Morgan fingerprint density at radius 1 is 1.03 bits per heavy atom. The van der Waals surface area contributed by atoms with Gasteiger partial charge in [0.25, 0.3) is 0 Å². The van der Waals surface area contributed by atoms with Gasteiger partial charge in [-0.05, 0) is 29.8 Å². The van der Waals surface area contributed by atoms with Crippen molar-refractivity contribution in [2.75, 3.05) is 55.4 Å². The zero-order valence-corrected chi connectivity index (χ0v) is 20.6. The predicted molar refractivity (Wildman–Crippen MR) is 127 cm³/mol. The number of carbonyl (C=O) groups is 2. The van der Waals surface area contributed by atoms with Gasteiger partial charge in [0.15, 0.2) is 23.8 Å².